The second-order valence-corrected chi connectivity index (χ2v) is 9.53. The first-order chi connectivity index (χ1) is 12.7. The zero-order valence-corrected chi connectivity index (χ0v) is 16.3. The van der Waals surface area contributed by atoms with Gasteiger partial charge in [-0.1, -0.05) is 12.1 Å². The summed E-state index contributed by atoms with van der Waals surface area (Å²) in [6.07, 6.45) is -4.46. The van der Waals surface area contributed by atoms with Crippen molar-refractivity contribution in [3.63, 3.8) is 0 Å². The summed E-state index contributed by atoms with van der Waals surface area (Å²) in [6, 6.07) is 5.76. The summed E-state index contributed by atoms with van der Waals surface area (Å²) >= 11 is 2.27. The highest BCUT2D eigenvalue weighted by Crippen LogP contribution is 2.43. The number of alkyl halides is 3. The predicted molar refractivity (Wildman–Crippen MR) is 96.2 cm³/mol. The van der Waals surface area contributed by atoms with Crippen LogP contribution in [0.15, 0.2) is 40.6 Å². The Labute approximate surface area is 162 Å². The lowest BCUT2D eigenvalue weighted by molar-refractivity contribution is -0.137. The molecule has 0 unspecified atom stereocenters. The molecule has 0 N–H and O–H groups in total. The van der Waals surface area contributed by atoms with E-state index in [1.54, 1.807) is 0 Å². The van der Waals surface area contributed by atoms with Crippen molar-refractivity contribution in [3.8, 4) is 0 Å². The van der Waals surface area contributed by atoms with Crippen LogP contribution in [0.4, 0.5) is 13.2 Å². The zero-order valence-electron chi connectivity index (χ0n) is 13.9. The number of rotatable bonds is 4. The van der Waals surface area contributed by atoms with Crippen molar-refractivity contribution in [2.24, 2.45) is 0 Å². The Morgan fingerprint density at radius 3 is 2.48 bits per heavy atom. The van der Waals surface area contributed by atoms with Crippen LogP contribution in [0.1, 0.15) is 26.2 Å². The fraction of sp³-hybridized carbons (Fsp3) is 0.312. The van der Waals surface area contributed by atoms with E-state index < -0.39 is 33.1 Å². The molecule has 1 aromatic carbocycles. The summed E-state index contributed by atoms with van der Waals surface area (Å²) in [5, 5.41) is 0.817. The highest BCUT2D eigenvalue weighted by molar-refractivity contribution is 8.01. The molecule has 146 valence electrons. The minimum Gasteiger partial charge on any atom is -0.465 e. The topological polar surface area (TPSA) is 63.7 Å². The third-order valence-corrected chi connectivity index (χ3v) is 8.28. The Balaban J connectivity index is 1.94. The lowest BCUT2D eigenvalue weighted by Gasteiger charge is -2.23. The van der Waals surface area contributed by atoms with E-state index >= 15 is 0 Å². The minimum absolute atomic E-state index is 0.0273. The molecule has 1 saturated heterocycles. The number of ether oxygens (including phenoxy) is 1. The van der Waals surface area contributed by atoms with Crippen molar-refractivity contribution in [1.82, 2.24) is 4.31 Å². The smallest absolute Gasteiger partial charge is 0.416 e. The van der Waals surface area contributed by atoms with Gasteiger partial charge in [-0.25, -0.2) is 13.2 Å². The van der Waals surface area contributed by atoms with Crippen LogP contribution in [0.3, 0.4) is 0 Å². The third-order valence-electron chi connectivity index (χ3n) is 3.96. The SMILES string of the molecule is COC(=O)c1sccc1S(=O)(=O)N1CCS[C@@H]1c1ccc(C(F)(F)F)cc1. The number of hydrogen-bond donors (Lipinski definition) is 0. The van der Waals surface area contributed by atoms with Crippen LogP contribution < -0.4 is 0 Å². The molecule has 1 aliphatic heterocycles. The molecule has 1 fully saturated rings. The molecule has 0 bridgehead atoms. The van der Waals surface area contributed by atoms with Gasteiger partial charge in [-0.2, -0.15) is 17.5 Å². The van der Waals surface area contributed by atoms with Crippen LogP contribution in [0.2, 0.25) is 0 Å². The first-order valence-corrected chi connectivity index (χ1v) is 11.0. The normalized spacial score (nSPS) is 18.6. The summed E-state index contributed by atoms with van der Waals surface area (Å²) in [7, 11) is -2.86. The number of nitrogens with zero attached hydrogens (tertiary/aromatic N) is 1. The highest BCUT2D eigenvalue weighted by atomic mass is 32.2. The predicted octanol–water partition coefficient (Wildman–Crippen LogP) is 3.99. The Kier molecular flexibility index (Phi) is 5.57. The van der Waals surface area contributed by atoms with E-state index in [-0.39, 0.29) is 16.3 Å². The Hall–Kier alpha value is -1.56. The number of thioether (sulfide) groups is 1. The van der Waals surface area contributed by atoms with Crippen molar-refractivity contribution in [1.29, 1.82) is 0 Å². The fourth-order valence-corrected chi connectivity index (χ4v) is 7.22. The summed E-state index contributed by atoms with van der Waals surface area (Å²) in [4.78, 5) is 11.7. The van der Waals surface area contributed by atoms with Crippen LogP contribution >= 0.6 is 23.1 Å². The summed E-state index contributed by atoms with van der Waals surface area (Å²) < 4.78 is 70.2. The maximum absolute atomic E-state index is 13.1. The average Bonchev–Trinajstić information content (AvgIpc) is 3.30. The summed E-state index contributed by atoms with van der Waals surface area (Å²) in [6.45, 7) is 0.190. The van der Waals surface area contributed by atoms with Gasteiger partial charge in [-0.05, 0) is 29.1 Å². The van der Waals surface area contributed by atoms with Crippen molar-refractivity contribution in [2.75, 3.05) is 19.4 Å². The van der Waals surface area contributed by atoms with Crippen LogP contribution in [0.25, 0.3) is 0 Å². The van der Waals surface area contributed by atoms with Gasteiger partial charge in [0, 0.05) is 12.3 Å². The maximum atomic E-state index is 13.1. The second kappa shape index (κ2) is 7.46. The highest BCUT2D eigenvalue weighted by Gasteiger charge is 2.39. The molecule has 2 heterocycles. The monoisotopic (exact) mass is 437 g/mol. The van der Waals surface area contributed by atoms with Crippen molar-refractivity contribution < 1.29 is 31.1 Å². The lowest BCUT2D eigenvalue weighted by Crippen LogP contribution is -2.31. The van der Waals surface area contributed by atoms with E-state index in [4.69, 9.17) is 0 Å². The molecule has 11 heteroatoms. The Morgan fingerprint density at radius 1 is 1.22 bits per heavy atom. The molecule has 1 aliphatic rings. The van der Waals surface area contributed by atoms with E-state index in [0.29, 0.717) is 11.3 Å². The molecule has 5 nitrogen and oxygen atoms in total. The molecular weight excluding hydrogens is 423 g/mol. The number of benzene rings is 1. The van der Waals surface area contributed by atoms with Gasteiger partial charge in [0.05, 0.1) is 18.0 Å². The van der Waals surface area contributed by atoms with E-state index in [2.05, 4.69) is 4.74 Å². The van der Waals surface area contributed by atoms with Gasteiger partial charge < -0.3 is 4.74 Å². The quantitative estimate of drug-likeness (QED) is 0.677. The van der Waals surface area contributed by atoms with Crippen LogP contribution in [0, 0.1) is 0 Å². The number of carbonyl (C=O) groups is 1. The molecule has 0 amide bonds. The van der Waals surface area contributed by atoms with E-state index in [9.17, 15) is 26.4 Å². The van der Waals surface area contributed by atoms with Crippen molar-refractivity contribution in [3.05, 3.63) is 51.7 Å². The third kappa shape index (κ3) is 3.86. The van der Waals surface area contributed by atoms with Crippen molar-refractivity contribution >= 4 is 39.1 Å². The van der Waals surface area contributed by atoms with Crippen molar-refractivity contribution in [2.45, 2.75) is 16.4 Å². The summed E-state index contributed by atoms with van der Waals surface area (Å²) in [5.41, 5.74) is -0.349. The maximum Gasteiger partial charge on any atom is 0.416 e. The number of sulfonamides is 1. The van der Waals surface area contributed by atoms with Gasteiger partial charge >= 0.3 is 12.1 Å². The van der Waals surface area contributed by atoms with Gasteiger partial charge in [-0.3, -0.25) is 0 Å². The summed E-state index contributed by atoms with van der Waals surface area (Å²) in [5.74, 6) is -0.260. The minimum atomic E-state index is -4.46. The fourth-order valence-electron chi connectivity index (χ4n) is 2.67. The first kappa shape index (κ1) is 20.2. The van der Waals surface area contributed by atoms with Crippen LogP contribution in [-0.4, -0.2) is 38.1 Å². The first-order valence-electron chi connectivity index (χ1n) is 7.62. The molecule has 0 saturated carbocycles. The molecule has 1 atom stereocenters. The molecule has 0 spiro atoms. The second-order valence-electron chi connectivity index (χ2n) is 5.56. The average molecular weight is 437 g/mol. The standard InChI is InChI=1S/C16H14F3NO4S3/c1-24-15(21)13-12(6-8-25-13)27(22,23)20-7-9-26-14(20)10-2-4-11(5-3-10)16(17,18)19/h2-6,8,14H,7,9H2,1H3/t14-/m1/s1. The van der Waals surface area contributed by atoms with E-state index in [1.807, 2.05) is 0 Å². The van der Waals surface area contributed by atoms with E-state index in [1.165, 1.54) is 39.6 Å². The molecule has 27 heavy (non-hydrogen) atoms. The number of carbonyl (C=O) groups excluding carboxylic acids is 1. The molecule has 1 aromatic heterocycles. The number of halogens is 3. The van der Waals surface area contributed by atoms with Gasteiger partial charge in [0.15, 0.2) is 0 Å². The van der Waals surface area contributed by atoms with Gasteiger partial charge in [0.2, 0.25) is 10.0 Å². The lowest BCUT2D eigenvalue weighted by atomic mass is 10.1. The van der Waals surface area contributed by atoms with E-state index in [0.717, 1.165) is 30.6 Å². The molecular formula is C16H14F3NO4S3. The molecule has 2 aromatic rings. The van der Waals surface area contributed by atoms with Gasteiger partial charge in [0.1, 0.15) is 9.77 Å². The molecule has 3 rings (SSSR count). The Bertz CT molecular complexity index is 939. The number of thiophene rings is 1. The number of methoxy groups -OCH3 is 1. The largest absolute Gasteiger partial charge is 0.465 e. The number of hydrogen-bond acceptors (Lipinski definition) is 6. The zero-order chi connectivity index (χ0) is 19.8. The van der Waals surface area contributed by atoms with Gasteiger partial charge in [-0.15, -0.1) is 23.1 Å². The molecule has 0 radical (unpaired) electrons. The van der Waals surface area contributed by atoms with Crippen LogP contribution in [-0.2, 0) is 20.9 Å². The van der Waals surface area contributed by atoms with Crippen LogP contribution in [0.5, 0.6) is 0 Å². The number of esters is 1. The van der Waals surface area contributed by atoms with Gasteiger partial charge in [0.25, 0.3) is 0 Å². The molecule has 0 aliphatic carbocycles. The Morgan fingerprint density at radius 2 is 1.89 bits per heavy atom.